The van der Waals surface area contributed by atoms with Crippen LogP contribution in [0.4, 0.5) is 0 Å². The fraction of sp³-hybridized carbons (Fsp3) is 0.320. The highest BCUT2D eigenvalue weighted by Gasteiger charge is 2.36. The molecule has 3 rings (SSSR count). The van der Waals surface area contributed by atoms with E-state index in [1.54, 1.807) is 6.08 Å². The molecule has 35 heavy (non-hydrogen) atoms. The predicted octanol–water partition coefficient (Wildman–Crippen LogP) is 4.36. The summed E-state index contributed by atoms with van der Waals surface area (Å²) in [6, 6.07) is 3.74. The Morgan fingerprint density at radius 2 is 1.63 bits per heavy atom. The predicted molar refractivity (Wildman–Crippen MR) is 129 cm³/mol. The number of hydrogen-bond acceptors (Lipinski definition) is 8. The Morgan fingerprint density at radius 1 is 1.00 bits per heavy atom. The molecule has 4 N–H and O–H groups in total. The number of carbonyl (C=O) groups is 1. The van der Waals surface area contributed by atoms with E-state index in [2.05, 4.69) is 4.18 Å². The Bertz CT molecular complexity index is 1330. The van der Waals surface area contributed by atoms with Gasteiger partial charge in [0.1, 0.15) is 29.4 Å². The van der Waals surface area contributed by atoms with Crippen molar-refractivity contribution in [3.8, 4) is 28.7 Å². The number of ketones is 1. The van der Waals surface area contributed by atoms with Crippen LogP contribution in [0, 0.1) is 0 Å². The van der Waals surface area contributed by atoms with Crippen molar-refractivity contribution in [3.05, 3.63) is 63.8 Å². The lowest BCUT2D eigenvalue weighted by Crippen LogP contribution is -2.27. The van der Waals surface area contributed by atoms with Crippen LogP contribution in [0.15, 0.2) is 41.5 Å². The molecule has 9 nitrogen and oxygen atoms in total. The zero-order valence-corrected chi connectivity index (χ0v) is 20.6. The van der Waals surface area contributed by atoms with E-state index in [1.807, 2.05) is 33.8 Å². The third-order valence-electron chi connectivity index (χ3n) is 5.50. The van der Waals surface area contributed by atoms with Gasteiger partial charge in [-0.1, -0.05) is 29.4 Å². The van der Waals surface area contributed by atoms with Crippen LogP contribution >= 0.6 is 0 Å². The van der Waals surface area contributed by atoms with Gasteiger partial charge in [0.25, 0.3) is 0 Å². The van der Waals surface area contributed by atoms with Gasteiger partial charge in [-0.05, 0) is 52.2 Å². The minimum atomic E-state index is -4.91. The number of allylic oxidation sites excluding steroid dienone is 4. The molecule has 0 amide bonds. The number of benzene rings is 2. The fourth-order valence-corrected chi connectivity index (χ4v) is 4.21. The number of ether oxygens (including phenoxy) is 1. The molecule has 10 heteroatoms. The molecule has 1 unspecified atom stereocenters. The van der Waals surface area contributed by atoms with Crippen molar-refractivity contribution in [2.75, 3.05) is 6.61 Å². The van der Waals surface area contributed by atoms with Crippen molar-refractivity contribution in [2.45, 2.75) is 46.5 Å². The van der Waals surface area contributed by atoms with E-state index in [0.29, 0.717) is 17.5 Å². The Hall–Kier alpha value is -3.50. The molecule has 1 heterocycles. The third-order valence-corrected chi connectivity index (χ3v) is 5.88. The second-order valence-electron chi connectivity index (χ2n) is 8.84. The molecule has 1 aliphatic rings. The van der Waals surface area contributed by atoms with Crippen LogP contribution in [-0.4, -0.2) is 40.7 Å². The largest absolute Gasteiger partial charge is 0.507 e. The Labute approximate surface area is 203 Å². The minimum absolute atomic E-state index is 0.0835. The summed E-state index contributed by atoms with van der Waals surface area (Å²) in [5, 5.41) is 31.3. The summed E-state index contributed by atoms with van der Waals surface area (Å²) in [5.41, 5.74) is 2.72. The highest BCUT2D eigenvalue weighted by molar-refractivity contribution is 7.81. The van der Waals surface area contributed by atoms with Gasteiger partial charge in [-0.15, -0.1) is 0 Å². The van der Waals surface area contributed by atoms with Crippen LogP contribution in [0.3, 0.4) is 0 Å². The summed E-state index contributed by atoms with van der Waals surface area (Å²) in [6.45, 7) is 7.29. The average Bonchev–Trinajstić information content (AvgIpc) is 2.72. The first-order chi connectivity index (χ1) is 16.3. The third kappa shape index (κ3) is 5.95. The zero-order valence-electron chi connectivity index (χ0n) is 19.8. The molecular weight excluding hydrogens is 476 g/mol. The molecule has 0 bridgehead atoms. The Balaban J connectivity index is 2.10. The average molecular weight is 505 g/mol. The lowest BCUT2D eigenvalue weighted by Gasteiger charge is -2.28. The second kappa shape index (κ2) is 10.0. The lowest BCUT2D eigenvalue weighted by molar-refractivity contribution is 0.0890. The van der Waals surface area contributed by atoms with Crippen LogP contribution in [0.2, 0.25) is 0 Å². The molecule has 188 valence electrons. The van der Waals surface area contributed by atoms with Crippen molar-refractivity contribution >= 4 is 16.2 Å². The molecule has 1 atom stereocenters. The standard InChI is InChI=1S/C25H28O9S/c1-13(2)5-7-15-9-16(10-21(28)24(15)34-35(30,31)32)18-12-33-25-17(8-6-14(3)4)19(26)11-20(27)22(25)23(18)29/h5-6,9-11,18,26-28H,7-8,12H2,1-4H3,(H,30,31,32). The number of carbonyl (C=O) groups excluding carboxylic acids is 1. The van der Waals surface area contributed by atoms with Gasteiger partial charge in [0.2, 0.25) is 0 Å². The van der Waals surface area contributed by atoms with E-state index < -0.39 is 39.3 Å². The van der Waals surface area contributed by atoms with Crippen LogP contribution in [-0.2, 0) is 23.2 Å². The quantitative estimate of drug-likeness (QED) is 0.318. The van der Waals surface area contributed by atoms with Gasteiger partial charge in [-0.3, -0.25) is 9.35 Å². The number of phenolic OH excluding ortho intramolecular Hbond substituents is 3. The van der Waals surface area contributed by atoms with Gasteiger partial charge in [0.05, 0.1) is 5.92 Å². The molecule has 2 aromatic rings. The van der Waals surface area contributed by atoms with Crippen molar-refractivity contribution in [1.82, 2.24) is 0 Å². The van der Waals surface area contributed by atoms with E-state index in [0.717, 1.165) is 23.3 Å². The molecule has 1 aliphatic heterocycles. The lowest BCUT2D eigenvalue weighted by atomic mass is 9.85. The molecule has 0 radical (unpaired) electrons. The zero-order chi connectivity index (χ0) is 26.1. The minimum Gasteiger partial charge on any atom is -0.507 e. The maximum atomic E-state index is 13.4. The maximum Gasteiger partial charge on any atom is 0.446 e. The van der Waals surface area contributed by atoms with Gasteiger partial charge < -0.3 is 24.2 Å². The molecule has 0 aromatic heterocycles. The topological polar surface area (TPSA) is 151 Å². The number of phenols is 3. The molecular formula is C25H28O9S. The van der Waals surface area contributed by atoms with E-state index in [1.165, 1.54) is 6.07 Å². The van der Waals surface area contributed by atoms with Crippen molar-refractivity contribution in [1.29, 1.82) is 0 Å². The Kier molecular flexibility index (Phi) is 7.47. The normalized spacial score (nSPS) is 15.1. The van der Waals surface area contributed by atoms with Crippen LogP contribution in [0.25, 0.3) is 0 Å². The van der Waals surface area contributed by atoms with Crippen LogP contribution in [0.1, 0.15) is 60.7 Å². The molecule has 0 saturated heterocycles. The molecule has 0 spiro atoms. The highest BCUT2D eigenvalue weighted by atomic mass is 32.3. The van der Waals surface area contributed by atoms with Crippen LogP contribution < -0.4 is 8.92 Å². The number of rotatable bonds is 7. The fourth-order valence-electron chi connectivity index (χ4n) is 3.80. The Morgan fingerprint density at radius 3 is 2.23 bits per heavy atom. The summed E-state index contributed by atoms with van der Waals surface area (Å²) in [4.78, 5) is 13.4. The highest BCUT2D eigenvalue weighted by Crippen LogP contribution is 2.45. The van der Waals surface area contributed by atoms with Gasteiger partial charge >= 0.3 is 10.4 Å². The molecule has 0 fully saturated rings. The molecule has 0 aliphatic carbocycles. The number of fused-ring (bicyclic) bond motifs is 1. The summed E-state index contributed by atoms with van der Waals surface area (Å²) in [6.07, 6.45) is 4.06. The number of Topliss-reactive ketones (excluding diaryl/α,β-unsaturated/α-hetero) is 1. The summed E-state index contributed by atoms with van der Waals surface area (Å²) >= 11 is 0. The smallest absolute Gasteiger partial charge is 0.446 e. The first kappa shape index (κ1) is 26.1. The molecule has 0 saturated carbocycles. The SMILES string of the molecule is CC(C)=CCc1cc(C2COc3c(CC=C(C)C)c(O)cc(O)c3C2=O)cc(O)c1OS(=O)(=O)O. The first-order valence-corrected chi connectivity index (χ1v) is 12.2. The van der Waals surface area contributed by atoms with Crippen LogP contribution in [0.5, 0.6) is 28.7 Å². The van der Waals surface area contributed by atoms with Crippen molar-refractivity contribution < 1.29 is 42.0 Å². The summed E-state index contributed by atoms with van der Waals surface area (Å²) < 4.78 is 42.1. The maximum absolute atomic E-state index is 13.4. The van der Waals surface area contributed by atoms with Gasteiger partial charge in [0.15, 0.2) is 17.3 Å². The molecule has 2 aromatic carbocycles. The van der Waals surface area contributed by atoms with Crippen molar-refractivity contribution in [2.24, 2.45) is 0 Å². The van der Waals surface area contributed by atoms with E-state index >= 15 is 0 Å². The van der Waals surface area contributed by atoms with Gasteiger partial charge in [0, 0.05) is 17.2 Å². The van der Waals surface area contributed by atoms with Gasteiger partial charge in [-0.2, -0.15) is 8.42 Å². The monoisotopic (exact) mass is 504 g/mol. The van der Waals surface area contributed by atoms with Gasteiger partial charge in [-0.25, -0.2) is 0 Å². The van der Waals surface area contributed by atoms with Crippen molar-refractivity contribution in [3.63, 3.8) is 0 Å². The second-order valence-corrected chi connectivity index (χ2v) is 9.86. The number of hydrogen-bond donors (Lipinski definition) is 4. The summed E-state index contributed by atoms with van der Waals surface area (Å²) in [7, 11) is -4.91. The first-order valence-electron chi connectivity index (χ1n) is 10.8. The van der Waals surface area contributed by atoms with E-state index in [-0.39, 0.29) is 35.7 Å². The number of aromatic hydroxyl groups is 3. The van der Waals surface area contributed by atoms with E-state index in [9.17, 15) is 28.5 Å². The summed E-state index contributed by atoms with van der Waals surface area (Å²) in [5.74, 6) is -3.00. The van der Waals surface area contributed by atoms with E-state index in [4.69, 9.17) is 9.29 Å².